The van der Waals surface area contributed by atoms with Gasteiger partial charge in [0.05, 0.1) is 5.56 Å². The summed E-state index contributed by atoms with van der Waals surface area (Å²) in [5.41, 5.74) is 1.33. The van der Waals surface area contributed by atoms with Gasteiger partial charge in [-0.3, -0.25) is 4.79 Å². The molecule has 23 heavy (non-hydrogen) atoms. The van der Waals surface area contributed by atoms with Gasteiger partial charge in [0.1, 0.15) is 17.9 Å². The van der Waals surface area contributed by atoms with Gasteiger partial charge in [0.15, 0.2) is 5.78 Å². The van der Waals surface area contributed by atoms with Crippen LogP contribution in [0.4, 0.5) is 0 Å². The van der Waals surface area contributed by atoms with Crippen molar-refractivity contribution >= 4 is 16.8 Å². The number of benzene rings is 1. The van der Waals surface area contributed by atoms with Crippen molar-refractivity contribution in [1.82, 2.24) is 4.90 Å². The maximum Gasteiger partial charge on any atom is 0.336 e. The average Bonchev–Trinajstić information content (AvgIpc) is 2.50. The van der Waals surface area contributed by atoms with Gasteiger partial charge in [-0.05, 0) is 38.6 Å². The maximum absolute atomic E-state index is 11.9. The number of nitrogens with zero attached hydrogens (tertiary/aromatic N) is 1. The normalized spacial score (nSPS) is 11.2. The van der Waals surface area contributed by atoms with E-state index in [-0.39, 0.29) is 5.78 Å². The molecule has 0 radical (unpaired) electrons. The Hall–Kier alpha value is -2.14. The summed E-state index contributed by atoms with van der Waals surface area (Å²) in [4.78, 5) is 25.7. The van der Waals surface area contributed by atoms with Crippen LogP contribution in [0.1, 0.15) is 36.7 Å². The van der Waals surface area contributed by atoms with E-state index in [1.54, 1.807) is 12.1 Å². The highest BCUT2D eigenvalue weighted by Crippen LogP contribution is 2.27. The van der Waals surface area contributed by atoms with Crippen LogP contribution in [0.3, 0.4) is 0 Å². The van der Waals surface area contributed by atoms with Crippen molar-refractivity contribution in [3.05, 3.63) is 39.7 Å². The van der Waals surface area contributed by atoms with E-state index in [0.717, 1.165) is 30.6 Å². The number of hydrogen-bond acceptors (Lipinski definition) is 5. The topological polar surface area (TPSA) is 59.8 Å². The molecule has 0 aliphatic heterocycles. The Morgan fingerprint density at radius 3 is 2.52 bits per heavy atom. The van der Waals surface area contributed by atoms with Gasteiger partial charge in [-0.25, -0.2) is 4.79 Å². The molecule has 0 amide bonds. The molecule has 0 aliphatic rings. The van der Waals surface area contributed by atoms with E-state index in [4.69, 9.17) is 9.15 Å². The predicted molar refractivity (Wildman–Crippen MR) is 90.5 cm³/mol. The molecule has 2 aromatic rings. The number of ether oxygens (including phenoxy) is 1. The third-order valence-electron chi connectivity index (χ3n) is 3.99. The molecule has 1 heterocycles. The van der Waals surface area contributed by atoms with Crippen LogP contribution in [-0.2, 0) is 0 Å². The van der Waals surface area contributed by atoms with E-state index < -0.39 is 5.63 Å². The largest absolute Gasteiger partial charge is 0.491 e. The second kappa shape index (κ2) is 7.42. The molecule has 5 nitrogen and oxygen atoms in total. The molecule has 0 unspecified atom stereocenters. The van der Waals surface area contributed by atoms with E-state index in [9.17, 15) is 9.59 Å². The Balaban J connectivity index is 2.35. The molecule has 0 saturated carbocycles. The quantitative estimate of drug-likeness (QED) is 0.580. The summed E-state index contributed by atoms with van der Waals surface area (Å²) < 4.78 is 11.0. The number of fused-ring (bicyclic) bond motifs is 1. The van der Waals surface area contributed by atoms with Crippen LogP contribution >= 0.6 is 0 Å². The fourth-order valence-corrected chi connectivity index (χ4v) is 2.57. The molecule has 1 aromatic carbocycles. The molecule has 0 N–H and O–H groups in total. The van der Waals surface area contributed by atoms with Crippen molar-refractivity contribution in [2.45, 2.75) is 27.7 Å². The Labute approximate surface area is 135 Å². The molecule has 0 aliphatic carbocycles. The molecule has 0 atom stereocenters. The highest BCUT2D eigenvalue weighted by atomic mass is 16.5. The number of carbonyl (C=O) groups is 1. The van der Waals surface area contributed by atoms with Crippen LogP contribution in [0.25, 0.3) is 11.0 Å². The van der Waals surface area contributed by atoms with Gasteiger partial charge in [0.25, 0.3) is 0 Å². The highest BCUT2D eigenvalue weighted by Gasteiger charge is 2.14. The first-order valence-electron chi connectivity index (χ1n) is 7.90. The molecule has 0 fully saturated rings. The van der Waals surface area contributed by atoms with E-state index in [0.29, 0.717) is 23.5 Å². The standard InChI is InChI=1S/C18H23NO4/c1-5-19(6-2)7-8-22-16-11-17-14(10-15(16)13(4)20)12(3)9-18(21)23-17/h9-11H,5-8H2,1-4H3. The van der Waals surface area contributed by atoms with Crippen LogP contribution in [-0.4, -0.2) is 36.9 Å². The summed E-state index contributed by atoms with van der Waals surface area (Å²) in [6.45, 7) is 10.7. The zero-order valence-electron chi connectivity index (χ0n) is 14.1. The van der Waals surface area contributed by atoms with Crippen LogP contribution in [0.2, 0.25) is 0 Å². The highest BCUT2D eigenvalue weighted by molar-refractivity contribution is 6.01. The average molecular weight is 317 g/mol. The van der Waals surface area contributed by atoms with Gasteiger partial charge < -0.3 is 14.1 Å². The second-order valence-electron chi connectivity index (χ2n) is 5.52. The Morgan fingerprint density at radius 2 is 1.91 bits per heavy atom. The number of Topliss-reactive ketones (excluding diaryl/α,β-unsaturated/α-hetero) is 1. The van der Waals surface area contributed by atoms with E-state index in [1.165, 1.54) is 13.0 Å². The lowest BCUT2D eigenvalue weighted by Gasteiger charge is -2.19. The Morgan fingerprint density at radius 1 is 1.22 bits per heavy atom. The lowest BCUT2D eigenvalue weighted by Crippen LogP contribution is -2.28. The maximum atomic E-state index is 11.9. The van der Waals surface area contributed by atoms with Gasteiger partial charge in [0, 0.05) is 24.1 Å². The molecule has 124 valence electrons. The minimum atomic E-state index is -0.403. The molecule has 2 rings (SSSR count). The van der Waals surface area contributed by atoms with Gasteiger partial charge >= 0.3 is 5.63 Å². The van der Waals surface area contributed by atoms with E-state index >= 15 is 0 Å². The van der Waals surface area contributed by atoms with Crippen LogP contribution in [0, 0.1) is 6.92 Å². The van der Waals surface area contributed by atoms with Crippen LogP contribution < -0.4 is 10.4 Å². The molecular formula is C18H23NO4. The van der Waals surface area contributed by atoms with Crippen molar-refractivity contribution in [2.24, 2.45) is 0 Å². The molecule has 0 saturated heterocycles. The van der Waals surface area contributed by atoms with Gasteiger partial charge in [-0.2, -0.15) is 0 Å². The first-order chi connectivity index (χ1) is 11.0. The number of aryl methyl sites for hydroxylation is 1. The van der Waals surface area contributed by atoms with E-state index in [1.807, 2.05) is 6.92 Å². The van der Waals surface area contributed by atoms with Crippen molar-refractivity contribution in [3.63, 3.8) is 0 Å². The summed E-state index contributed by atoms with van der Waals surface area (Å²) in [5, 5.41) is 0.755. The Kier molecular flexibility index (Phi) is 5.55. The molecule has 5 heteroatoms. The van der Waals surface area contributed by atoms with Crippen molar-refractivity contribution in [3.8, 4) is 5.75 Å². The summed E-state index contributed by atoms with van der Waals surface area (Å²) in [7, 11) is 0. The smallest absolute Gasteiger partial charge is 0.336 e. The first-order valence-corrected chi connectivity index (χ1v) is 7.90. The number of rotatable bonds is 7. The molecule has 0 bridgehead atoms. The molecule has 0 spiro atoms. The van der Waals surface area contributed by atoms with Crippen molar-refractivity contribution in [2.75, 3.05) is 26.2 Å². The lowest BCUT2D eigenvalue weighted by molar-refractivity contribution is 0.101. The van der Waals surface area contributed by atoms with Gasteiger partial charge in [-0.1, -0.05) is 13.8 Å². The summed E-state index contributed by atoms with van der Waals surface area (Å²) in [5.74, 6) is 0.390. The van der Waals surface area contributed by atoms with Crippen LogP contribution in [0.5, 0.6) is 5.75 Å². The minimum Gasteiger partial charge on any atom is -0.491 e. The SMILES string of the molecule is CCN(CC)CCOc1cc2oc(=O)cc(C)c2cc1C(C)=O. The zero-order valence-corrected chi connectivity index (χ0v) is 14.1. The predicted octanol–water partition coefficient (Wildman–Crippen LogP) is 3.02. The molecular weight excluding hydrogens is 294 g/mol. The van der Waals surface area contributed by atoms with Gasteiger partial charge in [-0.15, -0.1) is 0 Å². The lowest BCUT2D eigenvalue weighted by atomic mass is 10.0. The summed E-state index contributed by atoms with van der Waals surface area (Å²) in [6, 6.07) is 4.80. The summed E-state index contributed by atoms with van der Waals surface area (Å²) in [6.07, 6.45) is 0. The van der Waals surface area contributed by atoms with Crippen LogP contribution in [0.15, 0.2) is 27.4 Å². The first kappa shape index (κ1) is 17.2. The fourth-order valence-electron chi connectivity index (χ4n) is 2.57. The monoisotopic (exact) mass is 317 g/mol. The second-order valence-corrected chi connectivity index (χ2v) is 5.52. The number of carbonyl (C=O) groups excluding carboxylic acids is 1. The number of likely N-dealkylation sites (N-methyl/N-ethyl adjacent to an activating group) is 1. The third kappa shape index (κ3) is 3.99. The number of ketones is 1. The molecule has 1 aromatic heterocycles. The third-order valence-corrected chi connectivity index (χ3v) is 3.99. The summed E-state index contributed by atoms with van der Waals surface area (Å²) >= 11 is 0. The van der Waals surface area contributed by atoms with Gasteiger partial charge in [0.2, 0.25) is 0 Å². The minimum absolute atomic E-state index is 0.0738. The number of hydrogen-bond donors (Lipinski definition) is 0. The van der Waals surface area contributed by atoms with Crippen molar-refractivity contribution in [1.29, 1.82) is 0 Å². The fraction of sp³-hybridized carbons (Fsp3) is 0.444. The zero-order chi connectivity index (χ0) is 17.0. The Bertz CT molecular complexity index is 759. The van der Waals surface area contributed by atoms with E-state index in [2.05, 4.69) is 18.7 Å². The van der Waals surface area contributed by atoms with Crippen molar-refractivity contribution < 1.29 is 13.9 Å².